The molecule has 2 nitrogen and oxygen atoms in total. The van der Waals surface area contributed by atoms with Crippen LogP contribution in [0.4, 0.5) is 4.39 Å². The first kappa shape index (κ1) is 11.1. The average Bonchev–Trinajstić information content (AvgIpc) is 2.19. The number of halogens is 1. The summed E-state index contributed by atoms with van der Waals surface area (Å²) in [5.74, 6) is -0.260. The van der Waals surface area contributed by atoms with Crippen molar-refractivity contribution in [1.29, 1.82) is 0 Å². The summed E-state index contributed by atoms with van der Waals surface area (Å²) in [6.45, 7) is 1.99. The van der Waals surface area contributed by atoms with Gasteiger partial charge < -0.3 is 10.5 Å². The Morgan fingerprint density at radius 2 is 2.21 bits per heavy atom. The van der Waals surface area contributed by atoms with Gasteiger partial charge in [-0.15, -0.1) is 0 Å². The summed E-state index contributed by atoms with van der Waals surface area (Å²) in [6.07, 6.45) is 0.755. The van der Waals surface area contributed by atoms with Crippen LogP contribution in [0.3, 0.4) is 0 Å². The van der Waals surface area contributed by atoms with E-state index in [-0.39, 0.29) is 18.0 Å². The molecule has 2 N–H and O–H groups in total. The highest BCUT2D eigenvalue weighted by atomic mass is 19.1. The molecule has 0 amide bonds. The number of benzene rings is 1. The molecule has 1 rings (SSSR count). The van der Waals surface area contributed by atoms with E-state index >= 15 is 0 Å². The smallest absolute Gasteiger partial charge is 0.123 e. The molecule has 1 aromatic carbocycles. The minimum Gasteiger partial charge on any atom is -0.379 e. The Balaban J connectivity index is 2.82. The fourth-order valence-electron chi connectivity index (χ4n) is 1.50. The number of hydrogen-bond acceptors (Lipinski definition) is 2. The molecule has 2 unspecified atom stereocenters. The van der Waals surface area contributed by atoms with E-state index in [9.17, 15) is 4.39 Å². The van der Waals surface area contributed by atoms with Gasteiger partial charge in [0.15, 0.2) is 0 Å². The summed E-state index contributed by atoms with van der Waals surface area (Å²) in [6, 6.07) is 6.07. The van der Waals surface area contributed by atoms with Gasteiger partial charge >= 0.3 is 0 Å². The molecule has 0 fully saturated rings. The molecule has 0 saturated carbocycles. The molecular formula is C11H16FNO. The van der Waals surface area contributed by atoms with E-state index in [0.29, 0.717) is 0 Å². The van der Waals surface area contributed by atoms with Gasteiger partial charge in [0.25, 0.3) is 0 Å². The largest absolute Gasteiger partial charge is 0.379 e. The molecular weight excluding hydrogens is 181 g/mol. The summed E-state index contributed by atoms with van der Waals surface area (Å²) < 4.78 is 18.1. The number of rotatable bonds is 4. The van der Waals surface area contributed by atoms with Crippen molar-refractivity contribution in [3.05, 3.63) is 35.6 Å². The number of ether oxygens (including phenoxy) is 1. The molecule has 0 aliphatic carbocycles. The summed E-state index contributed by atoms with van der Waals surface area (Å²) in [5, 5.41) is 0. The molecule has 0 aromatic heterocycles. The lowest BCUT2D eigenvalue weighted by molar-refractivity contribution is 0.0771. The van der Waals surface area contributed by atoms with Gasteiger partial charge in [-0.25, -0.2) is 4.39 Å². The maximum atomic E-state index is 12.9. The van der Waals surface area contributed by atoms with E-state index in [1.54, 1.807) is 13.2 Å². The SMILES string of the molecule is CCC(OC)C(N)c1cccc(F)c1. The second kappa shape index (κ2) is 5.08. The first-order valence-electron chi connectivity index (χ1n) is 4.72. The van der Waals surface area contributed by atoms with Crippen LogP contribution in [0.2, 0.25) is 0 Å². The molecule has 0 aliphatic heterocycles. The monoisotopic (exact) mass is 197 g/mol. The zero-order chi connectivity index (χ0) is 10.6. The van der Waals surface area contributed by atoms with Crippen molar-refractivity contribution in [2.24, 2.45) is 5.73 Å². The van der Waals surface area contributed by atoms with Crippen LogP contribution < -0.4 is 5.73 Å². The van der Waals surface area contributed by atoms with Crippen molar-refractivity contribution in [2.45, 2.75) is 25.5 Å². The lowest BCUT2D eigenvalue weighted by Gasteiger charge is -2.21. The van der Waals surface area contributed by atoms with E-state index < -0.39 is 0 Å². The molecule has 78 valence electrons. The molecule has 3 heteroatoms. The molecule has 0 heterocycles. The Morgan fingerprint density at radius 1 is 1.50 bits per heavy atom. The lowest BCUT2D eigenvalue weighted by atomic mass is 10.0. The standard InChI is InChI=1S/C11H16FNO/c1-3-10(14-2)11(13)8-5-4-6-9(12)7-8/h4-7,10-11H,3,13H2,1-2H3. The van der Waals surface area contributed by atoms with Gasteiger partial charge in [-0.3, -0.25) is 0 Å². The first-order chi connectivity index (χ1) is 6.69. The fraction of sp³-hybridized carbons (Fsp3) is 0.455. The van der Waals surface area contributed by atoms with Crippen molar-refractivity contribution >= 4 is 0 Å². The topological polar surface area (TPSA) is 35.2 Å². The van der Waals surface area contributed by atoms with E-state index in [1.165, 1.54) is 12.1 Å². The van der Waals surface area contributed by atoms with Gasteiger partial charge in [0.2, 0.25) is 0 Å². The molecule has 0 radical (unpaired) electrons. The molecule has 2 atom stereocenters. The summed E-state index contributed by atoms with van der Waals surface area (Å²) >= 11 is 0. The van der Waals surface area contributed by atoms with Crippen molar-refractivity contribution < 1.29 is 9.13 Å². The van der Waals surface area contributed by atoms with Crippen LogP contribution in [-0.2, 0) is 4.74 Å². The predicted molar refractivity (Wildman–Crippen MR) is 54.4 cm³/mol. The van der Waals surface area contributed by atoms with Gasteiger partial charge in [0.05, 0.1) is 12.1 Å². The fourth-order valence-corrected chi connectivity index (χ4v) is 1.50. The second-order valence-corrected chi connectivity index (χ2v) is 3.26. The number of methoxy groups -OCH3 is 1. The molecule has 1 aromatic rings. The summed E-state index contributed by atoms with van der Waals surface area (Å²) in [7, 11) is 1.62. The van der Waals surface area contributed by atoms with E-state index in [0.717, 1.165) is 12.0 Å². The van der Waals surface area contributed by atoms with Crippen LogP contribution in [0.15, 0.2) is 24.3 Å². The number of hydrogen-bond donors (Lipinski definition) is 1. The van der Waals surface area contributed by atoms with Gasteiger partial charge in [0, 0.05) is 7.11 Å². The lowest BCUT2D eigenvalue weighted by Crippen LogP contribution is -2.27. The zero-order valence-electron chi connectivity index (χ0n) is 8.53. The van der Waals surface area contributed by atoms with Gasteiger partial charge in [-0.05, 0) is 24.1 Å². The van der Waals surface area contributed by atoms with Gasteiger partial charge in [-0.1, -0.05) is 19.1 Å². The summed E-state index contributed by atoms with van der Waals surface area (Å²) in [5.41, 5.74) is 6.71. The van der Waals surface area contributed by atoms with Crippen molar-refractivity contribution in [1.82, 2.24) is 0 Å². The minimum absolute atomic E-state index is 0.0585. The Kier molecular flexibility index (Phi) is 4.04. The van der Waals surface area contributed by atoms with Crippen LogP contribution in [0.5, 0.6) is 0 Å². The van der Waals surface area contributed by atoms with E-state index in [1.807, 2.05) is 13.0 Å². The molecule has 0 spiro atoms. The van der Waals surface area contributed by atoms with Crippen LogP contribution >= 0.6 is 0 Å². The Hall–Kier alpha value is -0.930. The third kappa shape index (κ3) is 2.53. The third-order valence-corrected chi connectivity index (χ3v) is 2.34. The van der Waals surface area contributed by atoms with E-state index in [2.05, 4.69) is 0 Å². The minimum atomic E-state index is -0.263. The highest BCUT2D eigenvalue weighted by Gasteiger charge is 2.17. The maximum absolute atomic E-state index is 12.9. The van der Waals surface area contributed by atoms with Crippen molar-refractivity contribution in [2.75, 3.05) is 7.11 Å². The predicted octanol–water partition coefficient (Wildman–Crippen LogP) is 2.25. The second-order valence-electron chi connectivity index (χ2n) is 3.26. The van der Waals surface area contributed by atoms with Crippen LogP contribution in [-0.4, -0.2) is 13.2 Å². The zero-order valence-corrected chi connectivity index (χ0v) is 8.53. The van der Waals surface area contributed by atoms with Crippen molar-refractivity contribution in [3.8, 4) is 0 Å². The average molecular weight is 197 g/mol. The molecule has 0 bridgehead atoms. The highest BCUT2D eigenvalue weighted by Crippen LogP contribution is 2.19. The van der Waals surface area contributed by atoms with Gasteiger partial charge in [-0.2, -0.15) is 0 Å². The third-order valence-electron chi connectivity index (χ3n) is 2.34. The van der Waals surface area contributed by atoms with Crippen molar-refractivity contribution in [3.63, 3.8) is 0 Å². The molecule has 14 heavy (non-hydrogen) atoms. The maximum Gasteiger partial charge on any atom is 0.123 e. The Bertz CT molecular complexity index is 286. The quantitative estimate of drug-likeness (QED) is 0.803. The number of nitrogens with two attached hydrogens (primary N) is 1. The Morgan fingerprint density at radius 3 is 2.71 bits per heavy atom. The Labute approximate surface area is 83.9 Å². The van der Waals surface area contributed by atoms with Crippen LogP contribution in [0.1, 0.15) is 24.9 Å². The normalized spacial score (nSPS) is 15.1. The summed E-state index contributed by atoms with van der Waals surface area (Å²) in [4.78, 5) is 0. The molecule has 0 aliphatic rings. The highest BCUT2D eigenvalue weighted by molar-refractivity contribution is 5.20. The van der Waals surface area contributed by atoms with Crippen LogP contribution in [0.25, 0.3) is 0 Å². The van der Waals surface area contributed by atoms with Gasteiger partial charge in [0.1, 0.15) is 5.82 Å². The van der Waals surface area contributed by atoms with Crippen LogP contribution in [0, 0.1) is 5.82 Å². The molecule has 0 saturated heterocycles. The first-order valence-corrected chi connectivity index (χ1v) is 4.72. The van der Waals surface area contributed by atoms with E-state index in [4.69, 9.17) is 10.5 Å².